The van der Waals surface area contributed by atoms with Gasteiger partial charge in [0.2, 0.25) is 5.89 Å². The number of aromatic nitrogens is 1. The molecule has 0 saturated heterocycles. The molecule has 5 heteroatoms. The number of anilines is 1. The standard InChI is InChI=1S/C21H15ClN2O2/c1-13-6-8-14(9-7-13)20(25)23-18-12-15(10-11-16(18)22)21-24-17-4-2-3-5-19(17)26-21/h2-12H,1H3,(H,23,25). The molecule has 1 heterocycles. The molecule has 0 aliphatic rings. The zero-order valence-corrected chi connectivity index (χ0v) is 14.7. The fourth-order valence-electron chi connectivity index (χ4n) is 2.65. The number of carbonyl (C=O) groups excluding carboxylic acids is 1. The van der Waals surface area contributed by atoms with Crippen LogP contribution in [0, 0.1) is 6.92 Å². The van der Waals surface area contributed by atoms with E-state index in [-0.39, 0.29) is 5.91 Å². The van der Waals surface area contributed by atoms with E-state index in [0.29, 0.717) is 27.7 Å². The summed E-state index contributed by atoms with van der Waals surface area (Å²) in [4.78, 5) is 16.9. The fraction of sp³-hybridized carbons (Fsp3) is 0.0476. The van der Waals surface area contributed by atoms with E-state index in [1.165, 1.54) is 0 Å². The first-order valence-electron chi connectivity index (χ1n) is 8.14. The van der Waals surface area contributed by atoms with Gasteiger partial charge in [-0.1, -0.05) is 41.4 Å². The maximum atomic E-state index is 12.5. The lowest BCUT2D eigenvalue weighted by Crippen LogP contribution is -2.12. The molecule has 4 nitrogen and oxygen atoms in total. The Labute approximate surface area is 155 Å². The predicted octanol–water partition coefficient (Wildman–Crippen LogP) is 5.71. The number of rotatable bonds is 3. The highest BCUT2D eigenvalue weighted by molar-refractivity contribution is 6.34. The topological polar surface area (TPSA) is 55.1 Å². The molecule has 0 bridgehead atoms. The first-order valence-corrected chi connectivity index (χ1v) is 8.51. The van der Waals surface area contributed by atoms with Crippen molar-refractivity contribution >= 4 is 34.3 Å². The van der Waals surface area contributed by atoms with Gasteiger partial charge in [0.25, 0.3) is 5.91 Å². The Kier molecular flexibility index (Phi) is 4.19. The van der Waals surface area contributed by atoms with Crippen LogP contribution in [0.25, 0.3) is 22.6 Å². The van der Waals surface area contributed by atoms with Crippen molar-refractivity contribution in [1.82, 2.24) is 4.98 Å². The summed E-state index contributed by atoms with van der Waals surface area (Å²) in [7, 11) is 0. The number of halogens is 1. The molecule has 26 heavy (non-hydrogen) atoms. The molecule has 3 aromatic carbocycles. The zero-order valence-electron chi connectivity index (χ0n) is 14.0. The van der Waals surface area contributed by atoms with E-state index in [2.05, 4.69) is 10.3 Å². The Morgan fingerprint density at radius 3 is 2.58 bits per heavy atom. The summed E-state index contributed by atoms with van der Waals surface area (Å²) >= 11 is 6.25. The van der Waals surface area contributed by atoms with Gasteiger partial charge in [-0.25, -0.2) is 4.98 Å². The molecule has 1 aromatic heterocycles. The van der Waals surface area contributed by atoms with Crippen molar-refractivity contribution < 1.29 is 9.21 Å². The van der Waals surface area contributed by atoms with Crippen LogP contribution in [0.2, 0.25) is 5.02 Å². The molecule has 4 aromatic rings. The normalized spacial score (nSPS) is 10.8. The third-order valence-corrected chi connectivity index (χ3v) is 4.40. The molecule has 0 fully saturated rings. The number of benzene rings is 3. The maximum Gasteiger partial charge on any atom is 0.255 e. The molecule has 1 N–H and O–H groups in total. The Morgan fingerprint density at radius 1 is 1.04 bits per heavy atom. The van der Waals surface area contributed by atoms with Crippen LogP contribution < -0.4 is 5.32 Å². The van der Waals surface area contributed by atoms with E-state index in [4.69, 9.17) is 16.0 Å². The van der Waals surface area contributed by atoms with E-state index < -0.39 is 0 Å². The third kappa shape index (κ3) is 3.19. The zero-order chi connectivity index (χ0) is 18.1. The van der Waals surface area contributed by atoms with Crippen LogP contribution in [0.15, 0.2) is 71.1 Å². The molecule has 0 aliphatic carbocycles. The smallest absolute Gasteiger partial charge is 0.255 e. The van der Waals surface area contributed by atoms with Crippen molar-refractivity contribution in [2.75, 3.05) is 5.32 Å². The Morgan fingerprint density at radius 2 is 1.81 bits per heavy atom. The van der Waals surface area contributed by atoms with Crippen LogP contribution in [0.4, 0.5) is 5.69 Å². The SMILES string of the molecule is Cc1ccc(C(=O)Nc2cc(-c3nc4ccccc4o3)ccc2Cl)cc1. The van der Waals surface area contributed by atoms with Gasteiger partial charge in [-0.3, -0.25) is 4.79 Å². The van der Waals surface area contributed by atoms with Crippen molar-refractivity contribution in [3.63, 3.8) is 0 Å². The predicted molar refractivity (Wildman–Crippen MR) is 104 cm³/mol. The summed E-state index contributed by atoms with van der Waals surface area (Å²) in [6, 6.07) is 20.2. The number of nitrogens with one attached hydrogen (secondary N) is 1. The van der Waals surface area contributed by atoms with Gasteiger partial charge in [-0.05, 0) is 49.4 Å². The summed E-state index contributed by atoms with van der Waals surface area (Å²) in [5.41, 5.74) is 4.41. The molecule has 0 radical (unpaired) electrons. The number of nitrogens with zero attached hydrogens (tertiary/aromatic N) is 1. The summed E-state index contributed by atoms with van der Waals surface area (Å²) in [6.07, 6.45) is 0. The number of para-hydroxylation sites is 2. The average molecular weight is 363 g/mol. The summed E-state index contributed by atoms with van der Waals surface area (Å²) in [5, 5.41) is 3.30. The van der Waals surface area contributed by atoms with Gasteiger partial charge in [-0.15, -0.1) is 0 Å². The van der Waals surface area contributed by atoms with Gasteiger partial charge in [0.05, 0.1) is 10.7 Å². The number of hydrogen-bond acceptors (Lipinski definition) is 3. The Bertz CT molecular complexity index is 1070. The molecule has 0 saturated carbocycles. The number of fused-ring (bicyclic) bond motifs is 1. The van der Waals surface area contributed by atoms with E-state index in [1.807, 2.05) is 49.4 Å². The first kappa shape index (κ1) is 16.4. The molecule has 0 aliphatic heterocycles. The molecule has 4 rings (SSSR count). The monoisotopic (exact) mass is 362 g/mol. The molecule has 0 atom stereocenters. The minimum absolute atomic E-state index is 0.221. The minimum Gasteiger partial charge on any atom is -0.436 e. The largest absolute Gasteiger partial charge is 0.436 e. The van der Waals surface area contributed by atoms with Gasteiger partial charge in [-0.2, -0.15) is 0 Å². The molecular weight excluding hydrogens is 348 g/mol. The van der Waals surface area contributed by atoms with Crippen LogP contribution in [0.1, 0.15) is 15.9 Å². The van der Waals surface area contributed by atoms with Crippen LogP contribution in [0.3, 0.4) is 0 Å². The third-order valence-electron chi connectivity index (χ3n) is 4.07. The highest BCUT2D eigenvalue weighted by Crippen LogP contribution is 2.30. The lowest BCUT2D eigenvalue weighted by molar-refractivity contribution is 0.102. The second kappa shape index (κ2) is 6.65. The van der Waals surface area contributed by atoms with E-state index in [9.17, 15) is 4.79 Å². The van der Waals surface area contributed by atoms with Crippen LogP contribution >= 0.6 is 11.6 Å². The maximum absolute atomic E-state index is 12.5. The number of oxazole rings is 1. The van der Waals surface area contributed by atoms with Gasteiger partial charge in [0.1, 0.15) is 5.52 Å². The van der Waals surface area contributed by atoms with Crippen LogP contribution in [0.5, 0.6) is 0 Å². The molecule has 0 spiro atoms. The second-order valence-corrected chi connectivity index (χ2v) is 6.41. The van der Waals surface area contributed by atoms with Crippen molar-refractivity contribution in [2.24, 2.45) is 0 Å². The summed E-state index contributed by atoms with van der Waals surface area (Å²) < 4.78 is 5.78. The molecule has 128 valence electrons. The van der Waals surface area contributed by atoms with E-state index in [0.717, 1.165) is 16.6 Å². The Hall–Kier alpha value is -3.11. The minimum atomic E-state index is -0.221. The van der Waals surface area contributed by atoms with Gasteiger partial charge < -0.3 is 9.73 Å². The van der Waals surface area contributed by atoms with Crippen molar-refractivity contribution in [1.29, 1.82) is 0 Å². The lowest BCUT2D eigenvalue weighted by Gasteiger charge is -2.09. The van der Waals surface area contributed by atoms with E-state index in [1.54, 1.807) is 24.3 Å². The van der Waals surface area contributed by atoms with Crippen LogP contribution in [-0.2, 0) is 0 Å². The number of hydrogen-bond donors (Lipinski definition) is 1. The first-order chi connectivity index (χ1) is 12.6. The molecule has 0 unspecified atom stereocenters. The number of carbonyl (C=O) groups is 1. The van der Waals surface area contributed by atoms with E-state index >= 15 is 0 Å². The highest BCUT2D eigenvalue weighted by atomic mass is 35.5. The van der Waals surface area contributed by atoms with Crippen molar-refractivity contribution in [2.45, 2.75) is 6.92 Å². The molecule has 1 amide bonds. The van der Waals surface area contributed by atoms with Crippen molar-refractivity contribution in [3.05, 3.63) is 82.9 Å². The lowest BCUT2D eigenvalue weighted by atomic mass is 10.1. The summed E-state index contributed by atoms with van der Waals surface area (Å²) in [6.45, 7) is 1.97. The Balaban J connectivity index is 1.65. The van der Waals surface area contributed by atoms with Crippen LogP contribution in [-0.4, -0.2) is 10.9 Å². The highest BCUT2D eigenvalue weighted by Gasteiger charge is 2.13. The van der Waals surface area contributed by atoms with Crippen molar-refractivity contribution in [3.8, 4) is 11.5 Å². The average Bonchev–Trinajstić information content (AvgIpc) is 3.08. The fourth-order valence-corrected chi connectivity index (χ4v) is 2.81. The second-order valence-electron chi connectivity index (χ2n) is 6.00. The van der Waals surface area contributed by atoms with Gasteiger partial charge in [0.15, 0.2) is 5.58 Å². The quantitative estimate of drug-likeness (QED) is 0.508. The van der Waals surface area contributed by atoms with Gasteiger partial charge in [0, 0.05) is 11.1 Å². The number of amides is 1. The van der Waals surface area contributed by atoms with Gasteiger partial charge >= 0.3 is 0 Å². The number of aryl methyl sites for hydroxylation is 1. The molecular formula is C21H15ClN2O2. The summed E-state index contributed by atoms with van der Waals surface area (Å²) in [5.74, 6) is 0.260.